The van der Waals surface area contributed by atoms with E-state index in [-0.39, 0.29) is 17.9 Å². The molecule has 9 heteroatoms. The van der Waals surface area contributed by atoms with Crippen molar-refractivity contribution in [3.63, 3.8) is 0 Å². The number of nitrogens with one attached hydrogen (secondary N) is 1. The summed E-state index contributed by atoms with van der Waals surface area (Å²) in [5.41, 5.74) is 3.65. The second-order valence-electron chi connectivity index (χ2n) is 8.47. The van der Waals surface area contributed by atoms with Crippen molar-refractivity contribution in [1.82, 2.24) is 14.8 Å². The smallest absolute Gasteiger partial charge is 0.226 e. The maximum atomic E-state index is 12.8. The zero-order valence-corrected chi connectivity index (χ0v) is 20.5. The van der Waals surface area contributed by atoms with E-state index >= 15 is 0 Å². The van der Waals surface area contributed by atoms with E-state index in [4.69, 9.17) is 24.3 Å². The van der Waals surface area contributed by atoms with E-state index in [9.17, 15) is 4.79 Å². The predicted molar refractivity (Wildman–Crippen MR) is 132 cm³/mol. The average Bonchev–Trinajstić information content (AvgIpc) is 3.38. The molecule has 3 heterocycles. The van der Waals surface area contributed by atoms with Crippen LogP contribution in [0.1, 0.15) is 43.0 Å². The van der Waals surface area contributed by atoms with Gasteiger partial charge in [0, 0.05) is 17.9 Å². The zero-order chi connectivity index (χ0) is 24.0. The summed E-state index contributed by atoms with van der Waals surface area (Å²) in [4.78, 5) is 17.5. The van der Waals surface area contributed by atoms with E-state index in [0.717, 1.165) is 32.8 Å². The summed E-state index contributed by atoms with van der Waals surface area (Å²) in [5.74, 6) is 2.53. The van der Waals surface area contributed by atoms with Crippen LogP contribution < -0.4 is 19.5 Å². The van der Waals surface area contributed by atoms with Gasteiger partial charge in [0.2, 0.25) is 11.0 Å². The van der Waals surface area contributed by atoms with Gasteiger partial charge in [0.25, 0.3) is 0 Å². The molecule has 1 atom stereocenters. The van der Waals surface area contributed by atoms with Gasteiger partial charge in [0.1, 0.15) is 11.6 Å². The molecule has 5 rings (SSSR count). The fourth-order valence-corrected chi connectivity index (χ4v) is 5.29. The van der Waals surface area contributed by atoms with E-state index in [1.165, 1.54) is 11.3 Å². The highest BCUT2D eigenvalue weighted by Gasteiger charge is 2.33. The Kier molecular flexibility index (Phi) is 5.65. The lowest BCUT2D eigenvalue weighted by molar-refractivity contribution is -0.116. The summed E-state index contributed by atoms with van der Waals surface area (Å²) < 4.78 is 19.5. The SMILES string of the molecule is COc1ccc2nc(-n3nc(C)c4c3NC(=O)CC4c3ccc(OC(C)C)c(OC)c3)sc2c1. The molecule has 8 nitrogen and oxygen atoms in total. The molecule has 4 aromatic rings. The minimum absolute atomic E-state index is 0.0288. The van der Waals surface area contributed by atoms with Crippen LogP contribution in [0.15, 0.2) is 36.4 Å². The molecular weight excluding hydrogens is 452 g/mol. The van der Waals surface area contributed by atoms with Crippen molar-refractivity contribution in [2.45, 2.75) is 39.2 Å². The van der Waals surface area contributed by atoms with Crippen LogP contribution >= 0.6 is 11.3 Å². The van der Waals surface area contributed by atoms with Crippen molar-refractivity contribution in [2.24, 2.45) is 0 Å². The van der Waals surface area contributed by atoms with Crippen LogP contribution in [-0.2, 0) is 4.79 Å². The normalized spacial score (nSPS) is 15.4. The van der Waals surface area contributed by atoms with Gasteiger partial charge in [-0.25, -0.2) is 4.98 Å². The van der Waals surface area contributed by atoms with Gasteiger partial charge in [-0.1, -0.05) is 17.4 Å². The third-order valence-corrected chi connectivity index (χ3v) is 6.81. The van der Waals surface area contributed by atoms with E-state index in [1.54, 1.807) is 18.9 Å². The van der Waals surface area contributed by atoms with E-state index in [2.05, 4.69) is 5.32 Å². The maximum absolute atomic E-state index is 12.8. The molecule has 1 aliphatic heterocycles. The second kappa shape index (κ2) is 8.64. The highest BCUT2D eigenvalue weighted by Crippen LogP contribution is 2.43. The molecule has 1 N–H and O–H groups in total. The number of methoxy groups -OCH3 is 2. The highest BCUT2D eigenvalue weighted by atomic mass is 32.1. The van der Waals surface area contributed by atoms with Crippen molar-refractivity contribution < 1.29 is 19.0 Å². The Morgan fingerprint density at radius 1 is 1.12 bits per heavy atom. The van der Waals surface area contributed by atoms with Crippen LogP contribution in [0.2, 0.25) is 0 Å². The van der Waals surface area contributed by atoms with Gasteiger partial charge in [-0.05, 0) is 56.7 Å². The number of thiazole rings is 1. The van der Waals surface area contributed by atoms with Crippen molar-refractivity contribution in [3.8, 4) is 22.4 Å². The van der Waals surface area contributed by atoms with Gasteiger partial charge in [-0.2, -0.15) is 9.78 Å². The number of hydrogen-bond acceptors (Lipinski definition) is 7. The van der Waals surface area contributed by atoms with Crippen LogP contribution in [0.5, 0.6) is 17.2 Å². The fourth-order valence-electron chi connectivity index (χ4n) is 4.33. The van der Waals surface area contributed by atoms with Gasteiger partial charge in [0.15, 0.2) is 11.5 Å². The zero-order valence-electron chi connectivity index (χ0n) is 19.7. The molecule has 2 aromatic heterocycles. The summed E-state index contributed by atoms with van der Waals surface area (Å²) in [6.45, 7) is 5.91. The number of hydrogen-bond donors (Lipinski definition) is 1. The Morgan fingerprint density at radius 3 is 2.68 bits per heavy atom. The average molecular weight is 479 g/mol. The number of amides is 1. The van der Waals surface area contributed by atoms with Gasteiger partial charge in [-0.3, -0.25) is 4.79 Å². The number of aryl methyl sites for hydroxylation is 1. The first-order valence-electron chi connectivity index (χ1n) is 11.1. The van der Waals surface area contributed by atoms with Gasteiger partial charge in [0.05, 0.1) is 36.2 Å². The number of carbonyl (C=O) groups excluding carboxylic acids is 1. The van der Waals surface area contributed by atoms with Crippen LogP contribution in [-0.4, -0.2) is 41.0 Å². The Morgan fingerprint density at radius 2 is 1.94 bits per heavy atom. The third-order valence-electron chi connectivity index (χ3n) is 5.82. The molecule has 176 valence electrons. The van der Waals surface area contributed by atoms with Crippen molar-refractivity contribution in [1.29, 1.82) is 0 Å². The van der Waals surface area contributed by atoms with Crippen LogP contribution in [0.25, 0.3) is 15.3 Å². The molecule has 1 amide bonds. The molecule has 0 saturated heterocycles. The topological polar surface area (TPSA) is 87.5 Å². The largest absolute Gasteiger partial charge is 0.497 e. The lowest BCUT2D eigenvalue weighted by Crippen LogP contribution is -2.25. The minimum atomic E-state index is -0.158. The number of ether oxygens (including phenoxy) is 3. The molecule has 1 unspecified atom stereocenters. The third kappa shape index (κ3) is 3.86. The molecule has 0 aliphatic carbocycles. The summed E-state index contributed by atoms with van der Waals surface area (Å²) >= 11 is 1.50. The van der Waals surface area contributed by atoms with Crippen molar-refractivity contribution in [3.05, 3.63) is 53.2 Å². The molecule has 0 bridgehead atoms. The first kappa shape index (κ1) is 22.2. The summed E-state index contributed by atoms with van der Waals surface area (Å²) in [7, 11) is 3.26. The van der Waals surface area contributed by atoms with Crippen LogP contribution in [0.3, 0.4) is 0 Å². The molecule has 1 aliphatic rings. The number of fused-ring (bicyclic) bond motifs is 2. The van der Waals surface area contributed by atoms with Crippen molar-refractivity contribution in [2.75, 3.05) is 19.5 Å². The van der Waals surface area contributed by atoms with Gasteiger partial charge < -0.3 is 19.5 Å². The van der Waals surface area contributed by atoms with E-state index < -0.39 is 0 Å². The Hall–Kier alpha value is -3.59. The monoisotopic (exact) mass is 478 g/mol. The number of benzene rings is 2. The number of anilines is 1. The number of rotatable bonds is 6. The van der Waals surface area contributed by atoms with Gasteiger partial charge >= 0.3 is 0 Å². The number of nitrogens with zero attached hydrogens (tertiary/aromatic N) is 3. The molecular formula is C25H26N4O4S. The quantitative estimate of drug-likeness (QED) is 0.416. The molecule has 2 aromatic carbocycles. The summed E-state index contributed by atoms with van der Waals surface area (Å²) in [6, 6.07) is 11.6. The first-order chi connectivity index (χ1) is 16.4. The van der Waals surface area contributed by atoms with Crippen LogP contribution in [0.4, 0.5) is 5.82 Å². The molecule has 0 fully saturated rings. The molecule has 0 spiro atoms. The first-order valence-corrected chi connectivity index (χ1v) is 11.9. The summed E-state index contributed by atoms with van der Waals surface area (Å²) in [6.07, 6.45) is 0.352. The standard InChI is InChI=1S/C25H26N4O4S/c1-13(2)33-19-9-6-15(10-20(19)32-5)17-12-22(30)27-24-23(17)14(3)28-29(24)25-26-18-8-7-16(31-4)11-21(18)34-25/h6-11,13,17H,12H2,1-5H3,(H,27,30). The number of aromatic nitrogens is 3. The summed E-state index contributed by atoms with van der Waals surface area (Å²) in [5, 5.41) is 8.49. The lowest BCUT2D eigenvalue weighted by atomic mass is 9.85. The van der Waals surface area contributed by atoms with E-state index in [0.29, 0.717) is 28.9 Å². The maximum Gasteiger partial charge on any atom is 0.226 e. The lowest BCUT2D eigenvalue weighted by Gasteiger charge is -2.25. The second-order valence-corrected chi connectivity index (χ2v) is 9.48. The molecule has 0 radical (unpaired) electrons. The Balaban J connectivity index is 1.59. The predicted octanol–water partition coefficient (Wildman–Crippen LogP) is 5.07. The molecule has 0 saturated carbocycles. The van der Waals surface area contributed by atoms with E-state index in [1.807, 2.05) is 57.2 Å². The Labute approximate surface area is 201 Å². The highest BCUT2D eigenvalue weighted by molar-refractivity contribution is 7.20. The Bertz CT molecular complexity index is 1390. The molecule has 34 heavy (non-hydrogen) atoms. The fraction of sp³-hybridized carbons (Fsp3) is 0.320. The minimum Gasteiger partial charge on any atom is -0.497 e. The number of carbonyl (C=O) groups is 1. The van der Waals surface area contributed by atoms with Crippen LogP contribution in [0, 0.1) is 6.92 Å². The van der Waals surface area contributed by atoms with Gasteiger partial charge in [-0.15, -0.1) is 0 Å². The van der Waals surface area contributed by atoms with Crippen molar-refractivity contribution >= 4 is 33.3 Å².